The number of nitro groups is 1. The van der Waals surface area contributed by atoms with Crippen LogP contribution in [0.3, 0.4) is 0 Å². The largest absolute Gasteiger partial charge is 0.457 e. The van der Waals surface area contributed by atoms with Gasteiger partial charge in [-0.05, 0) is 50.3 Å². The maximum absolute atomic E-state index is 13.5. The second-order valence-electron chi connectivity index (χ2n) is 8.43. The van der Waals surface area contributed by atoms with Crippen LogP contribution < -0.4 is 10.1 Å². The Morgan fingerprint density at radius 3 is 2.63 bits per heavy atom. The molecule has 184 valence electrons. The summed E-state index contributed by atoms with van der Waals surface area (Å²) in [5.74, 6) is -0.0654. The Kier molecular flexibility index (Phi) is 6.77. The molecule has 0 atom stereocenters. The summed E-state index contributed by atoms with van der Waals surface area (Å²) in [4.78, 5) is 23.5. The standard InChI is InChI=1S/C24H23F3N4O4/c1-15-6-5-7-18(10-15)35-19-12-16(11-17(13-19)31(33)34)28-22(32)14-30-21-9-4-2-3-8-20(21)23(29-30)24(25,26)27/h5-7,10-13H,2-4,8-9,14H2,1H3,(H,28,32). The third kappa shape index (κ3) is 5.79. The van der Waals surface area contributed by atoms with Crippen molar-refractivity contribution < 1.29 is 27.6 Å². The molecule has 1 aromatic heterocycles. The highest BCUT2D eigenvalue weighted by molar-refractivity contribution is 5.91. The van der Waals surface area contributed by atoms with Crippen LogP contribution in [0.1, 0.15) is 41.8 Å². The van der Waals surface area contributed by atoms with Gasteiger partial charge in [0, 0.05) is 23.4 Å². The zero-order chi connectivity index (χ0) is 25.2. The Balaban J connectivity index is 1.58. The monoisotopic (exact) mass is 488 g/mol. The summed E-state index contributed by atoms with van der Waals surface area (Å²) in [7, 11) is 0. The number of benzene rings is 2. The first-order chi connectivity index (χ1) is 16.6. The first kappa shape index (κ1) is 24.2. The van der Waals surface area contributed by atoms with E-state index in [0.29, 0.717) is 30.7 Å². The average Bonchev–Trinajstić information content (AvgIpc) is 2.94. The highest BCUT2D eigenvalue weighted by atomic mass is 19.4. The molecule has 8 nitrogen and oxygen atoms in total. The number of nitro benzene ring substituents is 1. The lowest BCUT2D eigenvalue weighted by atomic mass is 10.1. The maximum Gasteiger partial charge on any atom is 0.435 e. The molecule has 2 aromatic carbocycles. The van der Waals surface area contributed by atoms with Crippen LogP contribution in [0.15, 0.2) is 42.5 Å². The summed E-state index contributed by atoms with van der Waals surface area (Å²) in [6, 6.07) is 10.9. The maximum atomic E-state index is 13.5. The van der Waals surface area contributed by atoms with Gasteiger partial charge in [-0.1, -0.05) is 18.6 Å². The normalized spacial score (nSPS) is 13.6. The summed E-state index contributed by atoms with van der Waals surface area (Å²) in [5.41, 5.74) is 0.308. The first-order valence-electron chi connectivity index (χ1n) is 11.1. The molecule has 0 radical (unpaired) electrons. The highest BCUT2D eigenvalue weighted by Gasteiger charge is 2.39. The molecule has 1 aliphatic rings. The fourth-order valence-electron chi connectivity index (χ4n) is 4.18. The zero-order valence-electron chi connectivity index (χ0n) is 18.9. The van der Waals surface area contributed by atoms with Gasteiger partial charge in [0.2, 0.25) is 5.91 Å². The lowest BCUT2D eigenvalue weighted by molar-refractivity contribution is -0.384. The number of rotatable bonds is 6. The quantitative estimate of drug-likeness (QED) is 0.268. The van der Waals surface area contributed by atoms with Crippen molar-refractivity contribution in [1.82, 2.24) is 9.78 Å². The predicted molar refractivity (Wildman–Crippen MR) is 121 cm³/mol. The number of anilines is 1. The molecule has 0 saturated carbocycles. The number of aryl methyl sites for hydroxylation is 1. The lowest BCUT2D eigenvalue weighted by Gasteiger charge is -2.11. The van der Waals surface area contributed by atoms with E-state index < -0.39 is 29.2 Å². The smallest absolute Gasteiger partial charge is 0.435 e. The summed E-state index contributed by atoms with van der Waals surface area (Å²) in [6.45, 7) is 1.42. The Bertz CT molecular complexity index is 1270. The number of halogens is 3. The van der Waals surface area contributed by atoms with E-state index in [1.165, 1.54) is 12.1 Å². The Morgan fingerprint density at radius 1 is 1.14 bits per heavy atom. The van der Waals surface area contributed by atoms with Gasteiger partial charge in [0.1, 0.15) is 18.0 Å². The number of carbonyl (C=O) groups excluding carboxylic acids is 1. The van der Waals surface area contributed by atoms with E-state index in [-0.39, 0.29) is 29.1 Å². The van der Waals surface area contributed by atoms with E-state index in [4.69, 9.17) is 4.74 Å². The zero-order valence-corrected chi connectivity index (χ0v) is 18.9. The number of hydrogen-bond acceptors (Lipinski definition) is 5. The number of fused-ring (bicyclic) bond motifs is 1. The molecule has 1 amide bonds. The molecule has 0 bridgehead atoms. The van der Waals surface area contributed by atoms with E-state index in [9.17, 15) is 28.1 Å². The van der Waals surface area contributed by atoms with Gasteiger partial charge in [-0.15, -0.1) is 0 Å². The Morgan fingerprint density at radius 2 is 1.91 bits per heavy atom. The van der Waals surface area contributed by atoms with Crippen LogP contribution in [0.4, 0.5) is 24.5 Å². The molecule has 0 spiro atoms. The fraction of sp³-hybridized carbons (Fsp3) is 0.333. The number of hydrogen-bond donors (Lipinski definition) is 1. The molecule has 1 N–H and O–H groups in total. The van der Waals surface area contributed by atoms with Gasteiger partial charge in [-0.2, -0.15) is 18.3 Å². The molecule has 35 heavy (non-hydrogen) atoms. The summed E-state index contributed by atoms with van der Waals surface area (Å²) >= 11 is 0. The topological polar surface area (TPSA) is 99.3 Å². The third-order valence-corrected chi connectivity index (χ3v) is 5.68. The molecular weight excluding hydrogens is 465 g/mol. The van der Waals surface area contributed by atoms with Gasteiger partial charge in [-0.3, -0.25) is 19.6 Å². The van der Waals surface area contributed by atoms with Crippen molar-refractivity contribution in [2.24, 2.45) is 0 Å². The number of non-ortho nitro benzene ring substituents is 1. The van der Waals surface area contributed by atoms with E-state index in [2.05, 4.69) is 10.4 Å². The molecule has 11 heteroatoms. The van der Waals surface area contributed by atoms with Crippen molar-refractivity contribution in [3.63, 3.8) is 0 Å². The summed E-state index contributed by atoms with van der Waals surface area (Å²) in [6.07, 6.45) is -1.81. The highest BCUT2D eigenvalue weighted by Crippen LogP contribution is 2.35. The minimum Gasteiger partial charge on any atom is -0.457 e. The second-order valence-corrected chi connectivity index (χ2v) is 8.43. The predicted octanol–water partition coefficient (Wildman–Crippen LogP) is 5.82. The molecule has 1 heterocycles. The molecule has 1 aliphatic carbocycles. The van der Waals surface area contributed by atoms with Crippen LogP contribution in [-0.2, 0) is 30.4 Å². The number of alkyl halides is 3. The van der Waals surface area contributed by atoms with Crippen LogP contribution in [0, 0.1) is 17.0 Å². The summed E-state index contributed by atoms with van der Waals surface area (Å²) < 4.78 is 47.4. The SMILES string of the molecule is Cc1cccc(Oc2cc(NC(=O)Cn3nc(C(F)(F)F)c4c3CCCCC4)cc([N+](=O)[O-])c2)c1. The Hall–Kier alpha value is -3.89. The van der Waals surface area contributed by atoms with Gasteiger partial charge in [0.25, 0.3) is 5.69 Å². The van der Waals surface area contributed by atoms with Crippen LogP contribution in [0.5, 0.6) is 11.5 Å². The van der Waals surface area contributed by atoms with Crippen LogP contribution in [-0.4, -0.2) is 20.6 Å². The van der Waals surface area contributed by atoms with Crippen molar-refractivity contribution in [3.8, 4) is 11.5 Å². The van der Waals surface area contributed by atoms with Gasteiger partial charge < -0.3 is 10.1 Å². The average molecular weight is 488 g/mol. The number of nitrogens with one attached hydrogen (secondary N) is 1. The van der Waals surface area contributed by atoms with Crippen molar-refractivity contribution in [2.45, 2.75) is 51.7 Å². The van der Waals surface area contributed by atoms with Crippen molar-refractivity contribution >= 4 is 17.3 Å². The molecule has 0 unspecified atom stereocenters. The van der Waals surface area contributed by atoms with Crippen LogP contribution >= 0.6 is 0 Å². The first-order valence-corrected chi connectivity index (χ1v) is 11.1. The molecule has 0 saturated heterocycles. The second kappa shape index (κ2) is 9.77. The van der Waals surface area contributed by atoms with Crippen LogP contribution in [0.2, 0.25) is 0 Å². The van der Waals surface area contributed by atoms with Gasteiger partial charge in [0.05, 0.1) is 16.7 Å². The summed E-state index contributed by atoms with van der Waals surface area (Å²) in [5, 5.41) is 17.6. The number of nitrogens with zero attached hydrogens (tertiary/aromatic N) is 3. The minimum atomic E-state index is -4.61. The van der Waals surface area contributed by atoms with E-state index in [0.717, 1.165) is 22.7 Å². The van der Waals surface area contributed by atoms with Crippen LogP contribution in [0.25, 0.3) is 0 Å². The van der Waals surface area contributed by atoms with E-state index in [1.807, 2.05) is 13.0 Å². The Labute approximate surface area is 198 Å². The molecule has 3 aromatic rings. The molecular formula is C24H23F3N4O4. The molecule has 0 fully saturated rings. The van der Waals surface area contributed by atoms with Gasteiger partial charge in [0.15, 0.2) is 5.69 Å². The minimum absolute atomic E-state index is 0.0844. The van der Waals surface area contributed by atoms with Gasteiger partial charge in [-0.25, -0.2) is 0 Å². The van der Waals surface area contributed by atoms with Gasteiger partial charge >= 0.3 is 6.18 Å². The van der Waals surface area contributed by atoms with Crippen molar-refractivity contribution in [3.05, 3.63) is 75.1 Å². The van der Waals surface area contributed by atoms with E-state index in [1.54, 1.807) is 18.2 Å². The van der Waals surface area contributed by atoms with E-state index >= 15 is 0 Å². The number of ether oxygens (including phenoxy) is 1. The van der Waals surface area contributed by atoms with Crippen molar-refractivity contribution in [1.29, 1.82) is 0 Å². The lowest BCUT2D eigenvalue weighted by Crippen LogP contribution is -2.21. The number of carbonyl (C=O) groups is 1. The fourth-order valence-corrected chi connectivity index (χ4v) is 4.18. The molecule has 4 rings (SSSR count). The third-order valence-electron chi connectivity index (χ3n) is 5.68. The molecule has 0 aliphatic heterocycles. The van der Waals surface area contributed by atoms with Crippen molar-refractivity contribution in [2.75, 3.05) is 5.32 Å². The number of aromatic nitrogens is 2. The number of amides is 1.